The summed E-state index contributed by atoms with van der Waals surface area (Å²) in [4.78, 5) is 0. The van der Waals surface area contributed by atoms with E-state index in [1.807, 2.05) is 0 Å². The fourth-order valence-corrected chi connectivity index (χ4v) is 8.74. The van der Waals surface area contributed by atoms with Crippen LogP contribution in [-0.2, 0) is 25.7 Å². The Bertz CT molecular complexity index is 2820. The molecule has 0 bridgehead atoms. The van der Waals surface area contributed by atoms with Gasteiger partial charge in [0.1, 0.15) is 0 Å². The van der Waals surface area contributed by atoms with Crippen molar-refractivity contribution in [1.82, 2.24) is 0 Å². The Morgan fingerprint density at radius 1 is 0.306 bits per heavy atom. The SMILES string of the molecule is CC(C)c1cc2c3cc(CCc4ccccc4)ccc3c3cc4c(cc5c6ccc(CCc7ccccc7)cc6c6cccc4c65)c(c1)c23. The molecule has 0 aliphatic heterocycles. The summed E-state index contributed by atoms with van der Waals surface area (Å²) < 4.78 is 0. The Hall–Kier alpha value is -5.46. The van der Waals surface area contributed by atoms with E-state index in [1.165, 1.54) is 103 Å². The van der Waals surface area contributed by atoms with Crippen LogP contribution in [0.25, 0.3) is 75.4 Å². The lowest BCUT2D eigenvalue weighted by molar-refractivity contribution is 0.870. The molecule has 0 aliphatic carbocycles. The Morgan fingerprint density at radius 3 is 1.22 bits per heavy atom. The zero-order chi connectivity index (χ0) is 32.6. The molecule has 0 radical (unpaired) electrons. The van der Waals surface area contributed by atoms with Crippen molar-refractivity contribution in [3.63, 3.8) is 0 Å². The molecule has 0 spiro atoms. The summed E-state index contributed by atoms with van der Waals surface area (Å²) in [5, 5.41) is 19.4. The van der Waals surface area contributed by atoms with Crippen molar-refractivity contribution in [2.24, 2.45) is 0 Å². The highest BCUT2D eigenvalue weighted by Gasteiger charge is 2.21. The van der Waals surface area contributed by atoms with Crippen LogP contribution in [0.15, 0.2) is 140 Å². The maximum absolute atomic E-state index is 2.53. The van der Waals surface area contributed by atoms with E-state index in [-0.39, 0.29) is 0 Å². The average Bonchev–Trinajstić information content (AvgIpc) is 3.63. The minimum absolute atomic E-state index is 0.446. The molecule has 0 unspecified atom stereocenters. The molecule has 0 aromatic heterocycles. The first kappa shape index (κ1) is 28.5. The molecule has 0 fully saturated rings. The van der Waals surface area contributed by atoms with Gasteiger partial charge in [0, 0.05) is 0 Å². The first-order valence-corrected chi connectivity index (χ1v) is 18.0. The normalized spacial score (nSPS) is 12.4. The first-order valence-electron chi connectivity index (χ1n) is 18.0. The highest BCUT2D eigenvalue weighted by molar-refractivity contribution is 6.41. The van der Waals surface area contributed by atoms with Gasteiger partial charge in [-0.3, -0.25) is 0 Å². The molecule has 0 heterocycles. The third-order valence-electron chi connectivity index (χ3n) is 11.3. The van der Waals surface area contributed by atoms with Crippen molar-refractivity contribution in [2.45, 2.75) is 45.4 Å². The number of aryl methyl sites for hydroxylation is 4. The lowest BCUT2D eigenvalue weighted by Crippen LogP contribution is -1.90. The predicted octanol–water partition coefficient (Wildman–Crippen LogP) is 13.3. The molecule has 10 aromatic carbocycles. The molecule has 0 atom stereocenters. The van der Waals surface area contributed by atoms with Crippen LogP contribution in [-0.4, -0.2) is 0 Å². The summed E-state index contributed by atoms with van der Waals surface area (Å²) in [6.45, 7) is 4.66. The van der Waals surface area contributed by atoms with Crippen molar-refractivity contribution < 1.29 is 0 Å². The second kappa shape index (κ2) is 11.0. The molecule has 0 heteroatoms. The van der Waals surface area contributed by atoms with E-state index in [2.05, 4.69) is 153 Å². The molecule has 0 aliphatic rings. The zero-order valence-corrected chi connectivity index (χ0v) is 28.2. The van der Waals surface area contributed by atoms with E-state index in [4.69, 9.17) is 0 Å². The van der Waals surface area contributed by atoms with Crippen molar-refractivity contribution in [1.29, 1.82) is 0 Å². The Morgan fingerprint density at radius 2 is 0.714 bits per heavy atom. The van der Waals surface area contributed by atoms with Gasteiger partial charge in [0.15, 0.2) is 0 Å². The molecule has 0 nitrogen and oxygen atoms in total. The summed E-state index contributed by atoms with van der Waals surface area (Å²) in [6.07, 6.45) is 4.22. The highest BCUT2D eigenvalue weighted by atomic mass is 14.2. The van der Waals surface area contributed by atoms with Crippen molar-refractivity contribution in [3.8, 4) is 0 Å². The van der Waals surface area contributed by atoms with Crippen LogP contribution in [0, 0.1) is 0 Å². The van der Waals surface area contributed by atoms with E-state index in [0.717, 1.165) is 25.7 Å². The van der Waals surface area contributed by atoms with Crippen LogP contribution >= 0.6 is 0 Å². The van der Waals surface area contributed by atoms with Crippen LogP contribution in [0.1, 0.15) is 47.6 Å². The standard InChI is InChI=1S/C49H38/c1-30(2)35-26-44-41-25-34(19-17-32-12-7-4-8-13-32)21-23-37(41)47-28-42-39-15-9-14-38-40-24-33(18-16-31-10-5-3-6-11-31)20-22-36(40)46(48(38)39)29-43(42)45(27-35)49(44)47/h3-15,20-30H,16-19H2,1-2H3. The Kier molecular flexibility index (Phi) is 6.43. The van der Waals surface area contributed by atoms with E-state index in [0.29, 0.717) is 5.92 Å². The van der Waals surface area contributed by atoms with Gasteiger partial charge >= 0.3 is 0 Å². The van der Waals surface area contributed by atoms with Crippen molar-refractivity contribution in [2.75, 3.05) is 0 Å². The number of hydrogen-bond donors (Lipinski definition) is 0. The van der Waals surface area contributed by atoms with Gasteiger partial charge in [-0.1, -0.05) is 141 Å². The molecule has 234 valence electrons. The summed E-state index contributed by atoms with van der Waals surface area (Å²) in [5.41, 5.74) is 7.03. The largest absolute Gasteiger partial charge is 0.0622 e. The molecule has 0 saturated heterocycles. The zero-order valence-electron chi connectivity index (χ0n) is 28.2. The van der Waals surface area contributed by atoms with E-state index in [9.17, 15) is 0 Å². The second-order valence-electron chi connectivity index (χ2n) is 14.5. The van der Waals surface area contributed by atoms with Gasteiger partial charge in [0.25, 0.3) is 0 Å². The minimum Gasteiger partial charge on any atom is -0.0622 e. The number of fused-ring (bicyclic) bond motifs is 9. The summed E-state index contributed by atoms with van der Waals surface area (Å²) in [7, 11) is 0. The number of rotatable bonds is 7. The van der Waals surface area contributed by atoms with Crippen molar-refractivity contribution >= 4 is 75.4 Å². The third-order valence-corrected chi connectivity index (χ3v) is 11.3. The van der Waals surface area contributed by atoms with Gasteiger partial charge in [0.05, 0.1) is 0 Å². The molecule has 0 amide bonds. The van der Waals surface area contributed by atoms with E-state index < -0.39 is 0 Å². The summed E-state index contributed by atoms with van der Waals surface area (Å²) in [6, 6.07) is 53.2. The summed E-state index contributed by atoms with van der Waals surface area (Å²) in [5.74, 6) is 0.446. The third kappa shape index (κ3) is 4.51. The van der Waals surface area contributed by atoms with Gasteiger partial charge in [0.2, 0.25) is 0 Å². The van der Waals surface area contributed by atoms with E-state index >= 15 is 0 Å². The lowest BCUT2D eigenvalue weighted by atomic mass is 9.90. The fourth-order valence-electron chi connectivity index (χ4n) is 8.74. The van der Waals surface area contributed by atoms with Gasteiger partial charge in [-0.2, -0.15) is 0 Å². The van der Waals surface area contributed by atoms with Crippen LogP contribution in [0.4, 0.5) is 0 Å². The molecule has 10 aromatic rings. The topological polar surface area (TPSA) is 0 Å². The molecule has 49 heavy (non-hydrogen) atoms. The van der Waals surface area contributed by atoms with Crippen molar-refractivity contribution in [3.05, 3.63) is 167 Å². The van der Waals surface area contributed by atoms with Gasteiger partial charge in [-0.05, 0) is 147 Å². The van der Waals surface area contributed by atoms with Crippen LogP contribution < -0.4 is 0 Å². The van der Waals surface area contributed by atoms with Crippen LogP contribution in [0.2, 0.25) is 0 Å². The fraction of sp³-hybridized carbons (Fsp3) is 0.143. The molecular formula is C49H38. The smallest absolute Gasteiger partial charge is 0.00197 e. The molecule has 0 N–H and O–H groups in total. The Balaban J connectivity index is 1.20. The maximum Gasteiger partial charge on any atom is -0.00197 e. The number of benzene rings is 8. The molecule has 10 rings (SSSR count). The monoisotopic (exact) mass is 626 g/mol. The quantitative estimate of drug-likeness (QED) is 0.154. The maximum atomic E-state index is 2.53. The van der Waals surface area contributed by atoms with E-state index in [1.54, 1.807) is 0 Å². The minimum atomic E-state index is 0.446. The summed E-state index contributed by atoms with van der Waals surface area (Å²) >= 11 is 0. The molecular weight excluding hydrogens is 589 g/mol. The predicted molar refractivity (Wildman–Crippen MR) is 213 cm³/mol. The van der Waals surface area contributed by atoms with Gasteiger partial charge in [-0.15, -0.1) is 0 Å². The highest BCUT2D eigenvalue weighted by Crippen LogP contribution is 2.48. The lowest BCUT2D eigenvalue weighted by Gasteiger charge is -2.13. The van der Waals surface area contributed by atoms with Crippen LogP contribution in [0.5, 0.6) is 0 Å². The van der Waals surface area contributed by atoms with Gasteiger partial charge in [-0.25, -0.2) is 0 Å². The second-order valence-corrected chi connectivity index (χ2v) is 14.5. The Labute approximate surface area is 287 Å². The number of hydrogen-bond acceptors (Lipinski definition) is 0. The van der Waals surface area contributed by atoms with Gasteiger partial charge < -0.3 is 0 Å². The average molecular weight is 627 g/mol. The molecule has 0 saturated carbocycles. The van der Waals surface area contributed by atoms with Crippen LogP contribution in [0.3, 0.4) is 0 Å². The first-order chi connectivity index (χ1) is 24.1.